The standard InChI is InChI=1S/C15H15ClN2O/c16-17-10-7-15(8-11-17)14-6-3-9-18(14)12-4-1-2-5-13(12)19-15/h1-6,9H,7-8,10-11H2. The van der Waals surface area contributed by atoms with Crippen LogP contribution in [0.3, 0.4) is 0 Å². The second-order valence-electron chi connectivity index (χ2n) is 5.24. The largest absolute Gasteiger partial charge is 0.479 e. The van der Waals surface area contributed by atoms with Crippen molar-refractivity contribution in [1.29, 1.82) is 0 Å². The average molecular weight is 275 g/mol. The van der Waals surface area contributed by atoms with Crippen LogP contribution in [0.1, 0.15) is 18.5 Å². The number of hydrogen-bond donors (Lipinski definition) is 0. The number of ether oxygens (including phenoxy) is 1. The minimum atomic E-state index is -0.219. The quantitative estimate of drug-likeness (QED) is 0.686. The third-order valence-corrected chi connectivity index (χ3v) is 4.50. The average Bonchev–Trinajstić information content (AvgIpc) is 2.93. The zero-order valence-corrected chi connectivity index (χ0v) is 11.3. The molecule has 0 radical (unpaired) electrons. The van der Waals surface area contributed by atoms with E-state index in [0.717, 1.165) is 37.4 Å². The first kappa shape index (κ1) is 11.4. The molecule has 2 aliphatic rings. The first-order valence-electron chi connectivity index (χ1n) is 6.65. The summed E-state index contributed by atoms with van der Waals surface area (Å²) in [5, 5.41) is 0. The maximum absolute atomic E-state index is 6.39. The predicted molar refractivity (Wildman–Crippen MR) is 74.7 cm³/mol. The number of nitrogens with zero attached hydrogens (tertiary/aromatic N) is 2. The van der Waals surface area contributed by atoms with Crippen molar-refractivity contribution in [1.82, 2.24) is 8.99 Å². The SMILES string of the molecule is ClN1CCC2(CC1)Oc1ccccc1-n1cccc12. The summed E-state index contributed by atoms with van der Waals surface area (Å²) in [6.45, 7) is 1.71. The Bertz CT molecular complexity index is 614. The molecule has 0 saturated carbocycles. The fraction of sp³-hybridized carbons (Fsp3) is 0.333. The summed E-state index contributed by atoms with van der Waals surface area (Å²) in [4.78, 5) is 0. The highest BCUT2D eigenvalue weighted by atomic mass is 35.5. The summed E-state index contributed by atoms with van der Waals surface area (Å²) in [5.41, 5.74) is 2.15. The van der Waals surface area contributed by atoms with Crippen LogP contribution in [0, 0.1) is 0 Å². The van der Waals surface area contributed by atoms with Gasteiger partial charge in [0.15, 0.2) is 5.60 Å². The first-order valence-corrected chi connectivity index (χ1v) is 6.99. The van der Waals surface area contributed by atoms with Gasteiger partial charge in [-0.15, -0.1) is 0 Å². The molecule has 3 nitrogen and oxygen atoms in total. The predicted octanol–water partition coefficient (Wildman–Crippen LogP) is 3.31. The summed E-state index contributed by atoms with van der Waals surface area (Å²) in [5.74, 6) is 0.967. The molecule has 1 spiro atoms. The van der Waals surface area contributed by atoms with Gasteiger partial charge < -0.3 is 9.30 Å². The zero-order chi connectivity index (χ0) is 12.9. The van der Waals surface area contributed by atoms with Crippen LogP contribution in [0.25, 0.3) is 5.69 Å². The van der Waals surface area contributed by atoms with Gasteiger partial charge in [-0.3, -0.25) is 0 Å². The first-order chi connectivity index (χ1) is 9.28. The van der Waals surface area contributed by atoms with Crippen molar-refractivity contribution < 1.29 is 4.74 Å². The molecule has 2 aromatic rings. The van der Waals surface area contributed by atoms with Crippen LogP contribution in [0.15, 0.2) is 42.6 Å². The Balaban J connectivity index is 1.86. The molecule has 4 heteroatoms. The molecule has 0 bridgehead atoms. The van der Waals surface area contributed by atoms with E-state index in [4.69, 9.17) is 16.5 Å². The number of aromatic nitrogens is 1. The van der Waals surface area contributed by atoms with Crippen molar-refractivity contribution in [3.05, 3.63) is 48.3 Å². The molecule has 0 amide bonds. The van der Waals surface area contributed by atoms with Gasteiger partial charge in [0.25, 0.3) is 0 Å². The Morgan fingerprint density at radius 2 is 1.84 bits per heavy atom. The van der Waals surface area contributed by atoms with E-state index in [1.165, 1.54) is 5.69 Å². The highest BCUT2D eigenvalue weighted by Crippen LogP contribution is 2.44. The molecule has 98 valence electrons. The number of fused-ring (bicyclic) bond motifs is 4. The topological polar surface area (TPSA) is 17.4 Å². The number of rotatable bonds is 0. The molecule has 1 aromatic carbocycles. The number of hydrogen-bond acceptors (Lipinski definition) is 2. The molecular formula is C15H15ClN2O. The fourth-order valence-electron chi connectivity index (χ4n) is 3.17. The van der Waals surface area contributed by atoms with E-state index >= 15 is 0 Å². The number of benzene rings is 1. The van der Waals surface area contributed by atoms with Crippen molar-refractivity contribution in [2.45, 2.75) is 18.4 Å². The van der Waals surface area contributed by atoms with Crippen LogP contribution >= 0.6 is 11.8 Å². The van der Waals surface area contributed by atoms with Crippen LogP contribution in [0.2, 0.25) is 0 Å². The van der Waals surface area contributed by atoms with E-state index in [9.17, 15) is 0 Å². The van der Waals surface area contributed by atoms with Crippen LogP contribution in [0.4, 0.5) is 0 Å². The van der Waals surface area contributed by atoms with E-state index in [1.807, 2.05) is 22.6 Å². The van der Waals surface area contributed by atoms with Crippen LogP contribution in [-0.4, -0.2) is 22.1 Å². The van der Waals surface area contributed by atoms with Crippen LogP contribution < -0.4 is 4.74 Å². The molecule has 0 N–H and O–H groups in total. The number of para-hydroxylation sites is 2. The molecule has 0 atom stereocenters. The van der Waals surface area contributed by atoms with Gasteiger partial charge in [0.1, 0.15) is 5.75 Å². The van der Waals surface area contributed by atoms with Gasteiger partial charge in [-0.2, -0.15) is 0 Å². The zero-order valence-electron chi connectivity index (χ0n) is 10.6. The normalized spacial score (nSPS) is 20.7. The van der Waals surface area contributed by atoms with E-state index in [2.05, 4.69) is 29.0 Å². The van der Waals surface area contributed by atoms with Gasteiger partial charge >= 0.3 is 0 Å². The third-order valence-electron chi connectivity index (χ3n) is 4.16. The lowest BCUT2D eigenvalue weighted by molar-refractivity contribution is 0.00434. The Morgan fingerprint density at radius 3 is 2.68 bits per heavy atom. The van der Waals surface area contributed by atoms with E-state index in [1.54, 1.807) is 0 Å². The van der Waals surface area contributed by atoms with Crippen molar-refractivity contribution in [3.8, 4) is 11.4 Å². The molecule has 1 saturated heterocycles. The minimum Gasteiger partial charge on any atom is -0.479 e. The molecule has 4 rings (SSSR count). The van der Waals surface area contributed by atoms with Crippen molar-refractivity contribution in [2.24, 2.45) is 0 Å². The third kappa shape index (κ3) is 1.62. The molecule has 19 heavy (non-hydrogen) atoms. The van der Waals surface area contributed by atoms with Crippen molar-refractivity contribution >= 4 is 11.8 Å². The summed E-state index contributed by atoms with van der Waals surface area (Å²) in [6, 6.07) is 12.5. The highest BCUT2D eigenvalue weighted by Gasteiger charge is 2.43. The van der Waals surface area contributed by atoms with Gasteiger partial charge in [-0.25, -0.2) is 4.42 Å². The van der Waals surface area contributed by atoms with E-state index in [-0.39, 0.29) is 5.60 Å². The van der Waals surface area contributed by atoms with Crippen molar-refractivity contribution in [2.75, 3.05) is 13.1 Å². The minimum absolute atomic E-state index is 0.219. The lowest BCUT2D eigenvalue weighted by Gasteiger charge is -2.43. The number of halogens is 1. The Labute approximate surface area is 117 Å². The van der Waals surface area contributed by atoms with Gasteiger partial charge in [0.2, 0.25) is 0 Å². The van der Waals surface area contributed by atoms with Gasteiger partial charge in [-0.1, -0.05) is 12.1 Å². The lowest BCUT2D eigenvalue weighted by atomic mass is 9.87. The van der Waals surface area contributed by atoms with E-state index < -0.39 is 0 Å². The Hall–Kier alpha value is -1.45. The summed E-state index contributed by atoms with van der Waals surface area (Å²) in [7, 11) is 0. The van der Waals surface area contributed by atoms with E-state index in [0.29, 0.717) is 0 Å². The second kappa shape index (κ2) is 4.02. The van der Waals surface area contributed by atoms with Crippen LogP contribution in [-0.2, 0) is 5.60 Å². The highest BCUT2D eigenvalue weighted by molar-refractivity contribution is 6.13. The van der Waals surface area contributed by atoms with Crippen LogP contribution in [0.5, 0.6) is 5.75 Å². The monoisotopic (exact) mass is 274 g/mol. The maximum Gasteiger partial charge on any atom is 0.152 e. The summed E-state index contributed by atoms with van der Waals surface area (Å²) >= 11 is 6.09. The molecular weight excluding hydrogens is 260 g/mol. The molecule has 3 heterocycles. The molecule has 1 fully saturated rings. The molecule has 1 aromatic heterocycles. The second-order valence-corrected chi connectivity index (χ2v) is 5.72. The fourth-order valence-corrected chi connectivity index (χ4v) is 3.34. The molecule has 0 aliphatic carbocycles. The van der Waals surface area contributed by atoms with Gasteiger partial charge in [-0.05, 0) is 36.0 Å². The number of piperidine rings is 1. The molecule has 2 aliphatic heterocycles. The van der Waals surface area contributed by atoms with Gasteiger partial charge in [0.05, 0.1) is 11.4 Å². The Morgan fingerprint density at radius 1 is 1.05 bits per heavy atom. The Kier molecular flexibility index (Phi) is 2.41. The summed E-state index contributed by atoms with van der Waals surface area (Å²) < 4.78 is 10.5. The smallest absolute Gasteiger partial charge is 0.152 e. The lowest BCUT2D eigenvalue weighted by Crippen LogP contribution is -2.46. The molecule has 0 unspecified atom stereocenters. The van der Waals surface area contributed by atoms with Crippen molar-refractivity contribution in [3.63, 3.8) is 0 Å². The van der Waals surface area contributed by atoms with Gasteiger partial charge in [0, 0.05) is 32.1 Å². The summed E-state index contributed by atoms with van der Waals surface area (Å²) in [6.07, 6.45) is 3.97. The maximum atomic E-state index is 6.39.